The molecule has 2 atom stereocenters. The number of para-hydroxylation sites is 1. The molecular formula is C17H27ClN2O. The molecule has 0 bridgehead atoms. The number of rotatable bonds is 6. The molecule has 118 valence electrons. The van der Waals surface area contributed by atoms with E-state index in [1.54, 1.807) is 7.11 Å². The SMILES string of the molecule is COCCNCc1cccc(Cl)c1N1CC(C)CCC1C. The minimum absolute atomic E-state index is 0.554. The topological polar surface area (TPSA) is 24.5 Å². The van der Waals surface area contributed by atoms with E-state index < -0.39 is 0 Å². The minimum Gasteiger partial charge on any atom is -0.383 e. The molecule has 0 radical (unpaired) electrons. The molecule has 1 aliphatic heterocycles. The van der Waals surface area contributed by atoms with Crippen LogP contribution in [-0.2, 0) is 11.3 Å². The van der Waals surface area contributed by atoms with Crippen molar-refractivity contribution in [2.75, 3.05) is 31.7 Å². The lowest BCUT2D eigenvalue weighted by Crippen LogP contribution is -2.42. The summed E-state index contributed by atoms with van der Waals surface area (Å²) in [5.74, 6) is 0.728. The highest BCUT2D eigenvalue weighted by Crippen LogP contribution is 2.35. The fourth-order valence-corrected chi connectivity index (χ4v) is 3.32. The van der Waals surface area contributed by atoms with Crippen molar-refractivity contribution in [3.63, 3.8) is 0 Å². The smallest absolute Gasteiger partial charge is 0.0643 e. The van der Waals surface area contributed by atoms with E-state index in [0.717, 1.165) is 37.2 Å². The summed E-state index contributed by atoms with van der Waals surface area (Å²) >= 11 is 6.52. The first-order valence-electron chi connectivity index (χ1n) is 7.87. The third-order valence-corrected chi connectivity index (χ3v) is 4.58. The van der Waals surface area contributed by atoms with Gasteiger partial charge in [-0.05, 0) is 37.3 Å². The maximum atomic E-state index is 6.52. The van der Waals surface area contributed by atoms with Crippen LogP contribution in [0.2, 0.25) is 5.02 Å². The zero-order valence-corrected chi connectivity index (χ0v) is 14.1. The van der Waals surface area contributed by atoms with Gasteiger partial charge in [0, 0.05) is 32.8 Å². The van der Waals surface area contributed by atoms with Gasteiger partial charge in [0.25, 0.3) is 0 Å². The van der Waals surface area contributed by atoms with E-state index in [1.165, 1.54) is 24.1 Å². The molecule has 1 fully saturated rings. The van der Waals surface area contributed by atoms with Crippen LogP contribution in [0.1, 0.15) is 32.3 Å². The van der Waals surface area contributed by atoms with Gasteiger partial charge in [-0.25, -0.2) is 0 Å². The summed E-state index contributed by atoms with van der Waals surface area (Å²) in [5.41, 5.74) is 2.49. The van der Waals surface area contributed by atoms with E-state index in [1.807, 2.05) is 12.1 Å². The van der Waals surface area contributed by atoms with E-state index in [4.69, 9.17) is 16.3 Å². The first kappa shape index (κ1) is 16.6. The normalized spacial score (nSPS) is 22.6. The van der Waals surface area contributed by atoms with Crippen LogP contribution in [0.25, 0.3) is 0 Å². The highest BCUT2D eigenvalue weighted by Gasteiger charge is 2.26. The molecule has 0 spiro atoms. The average Bonchev–Trinajstić information content (AvgIpc) is 2.47. The van der Waals surface area contributed by atoms with Gasteiger partial charge in [-0.1, -0.05) is 30.7 Å². The van der Waals surface area contributed by atoms with Gasteiger partial charge in [0.2, 0.25) is 0 Å². The molecule has 2 rings (SSSR count). The molecule has 1 aromatic rings. The lowest BCUT2D eigenvalue weighted by Gasteiger charge is -2.40. The lowest BCUT2D eigenvalue weighted by atomic mass is 9.93. The van der Waals surface area contributed by atoms with Crippen LogP contribution in [0.5, 0.6) is 0 Å². The Bertz CT molecular complexity index is 452. The van der Waals surface area contributed by atoms with Crippen LogP contribution in [0.15, 0.2) is 18.2 Å². The summed E-state index contributed by atoms with van der Waals surface area (Å²) in [6.45, 7) is 8.14. The molecule has 0 aromatic heterocycles. The molecule has 0 amide bonds. The largest absolute Gasteiger partial charge is 0.383 e. The summed E-state index contributed by atoms with van der Waals surface area (Å²) in [6.07, 6.45) is 2.55. The quantitative estimate of drug-likeness (QED) is 0.811. The molecule has 1 N–H and O–H groups in total. The van der Waals surface area contributed by atoms with Gasteiger partial charge in [0.15, 0.2) is 0 Å². The van der Waals surface area contributed by atoms with Crippen molar-refractivity contribution in [3.05, 3.63) is 28.8 Å². The highest BCUT2D eigenvalue weighted by atomic mass is 35.5. The number of piperidine rings is 1. The number of anilines is 1. The Balaban J connectivity index is 2.16. The van der Waals surface area contributed by atoms with Crippen molar-refractivity contribution >= 4 is 17.3 Å². The standard InChI is InChI=1S/C17H27ClN2O/c1-13-7-8-14(2)20(12-13)17-15(5-4-6-16(17)18)11-19-9-10-21-3/h4-6,13-14,19H,7-12H2,1-3H3. The molecule has 0 aliphatic carbocycles. The molecule has 1 aliphatic rings. The third-order valence-electron chi connectivity index (χ3n) is 4.27. The first-order chi connectivity index (χ1) is 10.1. The Hall–Kier alpha value is -0.770. The Morgan fingerprint density at radius 3 is 2.90 bits per heavy atom. The average molecular weight is 311 g/mol. The second-order valence-electron chi connectivity index (χ2n) is 6.10. The van der Waals surface area contributed by atoms with Gasteiger partial charge in [-0.3, -0.25) is 0 Å². The van der Waals surface area contributed by atoms with Crippen molar-refractivity contribution in [2.45, 2.75) is 39.3 Å². The molecule has 4 heteroatoms. The fourth-order valence-electron chi connectivity index (χ4n) is 3.02. The third kappa shape index (κ3) is 4.35. The van der Waals surface area contributed by atoms with Crippen LogP contribution in [-0.4, -0.2) is 32.8 Å². The summed E-state index contributed by atoms with van der Waals surface area (Å²) in [6, 6.07) is 6.77. The summed E-state index contributed by atoms with van der Waals surface area (Å²) < 4.78 is 5.08. The van der Waals surface area contributed by atoms with Crippen molar-refractivity contribution in [1.29, 1.82) is 0 Å². The molecule has 1 aromatic carbocycles. The predicted octanol–water partition coefficient (Wildman–Crippen LogP) is 3.70. The van der Waals surface area contributed by atoms with Gasteiger partial charge in [0.1, 0.15) is 0 Å². The maximum absolute atomic E-state index is 6.52. The van der Waals surface area contributed by atoms with Gasteiger partial charge in [-0.15, -0.1) is 0 Å². The highest BCUT2D eigenvalue weighted by molar-refractivity contribution is 6.33. The number of halogens is 1. The summed E-state index contributed by atoms with van der Waals surface area (Å²) in [7, 11) is 1.73. The second-order valence-corrected chi connectivity index (χ2v) is 6.51. The number of hydrogen-bond acceptors (Lipinski definition) is 3. The number of nitrogens with one attached hydrogen (secondary N) is 1. The van der Waals surface area contributed by atoms with Gasteiger partial charge in [0.05, 0.1) is 17.3 Å². The Morgan fingerprint density at radius 1 is 1.33 bits per heavy atom. The molecule has 2 unspecified atom stereocenters. The van der Waals surface area contributed by atoms with E-state index in [9.17, 15) is 0 Å². The van der Waals surface area contributed by atoms with Crippen molar-refractivity contribution in [2.24, 2.45) is 5.92 Å². The lowest BCUT2D eigenvalue weighted by molar-refractivity contribution is 0.199. The Labute approximate surface area is 133 Å². The molecule has 1 saturated heterocycles. The monoisotopic (exact) mass is 310 g/mol. The van der Waals surface area contributed by atoms with Crippen molar-refractivity contribution in [3.8, 4) is 0 Å². The number of ether oxygens (including phenoxy) is 1. The van der Waals surface area contributed by atoms with E-state index >= 15 is 0 Å². The molecular weight excluding hydrogens is 284 g/mol. The molecule has 21 heavy (non-hydrogen) atoms. The zero-order valence-electron chi connectivity index (χ0n) is 13.4. The number of methoxy groups -OCH3 is 1. The van der Waals surface area contributed by atoms with Crippen molar-refractivity contribution < 1.29 is 4.74 Å². The van der Waals surface area contributed by atoms with E-state index in [0.29, 0.717) is 6.04 Å². The Kier molecular flexibility index (Phi) is 6.34. The number of benzene rings is 1. The first-order valence-corrected chi connectivity index (χ1v) is 8.25. The van der Waals surface area contributed by atoms with Crippen molar-refractivity contribution in [1.82, 2.24) is 5.32 Å². The van der Waals surface area contributed by atoms with Crippen LogP contribution in [0.3, 0.4) is 0 Å². The summed E-state index contributed by atoms with van der Waals surface area (Å²) in [5, 5.41) is 4.29. The van der Waals surface area contributed by atoms with Crippen LogP contribution >= 0.6 is 11.6 Å². The Morgan fingerprint density at radius 2 is 2.14 bits per heavy atom. The number of nitrogens with zero attached hydrogens (tertiary/aromatic N) is 1. The van der Waals surface area contributed by atoms with E-state index in [2.05, 4.69) is 30.1 Å². The fraction of sp³-hybridized carbons (Fsp3) is 0.647. The summed E-state index contributed by atoms with van der Waals surface area (Å²) in [4.78, 5) is 2.49. The molecule has 3 nitrogen and oxygen atoms in total. The molecule has 1 heterocycles. The van der Waals surface area contributed by atoms with Crippen LogP contribution in [0.4, 0.5) is 5.69 Å². The molecule has 0 saturated carbocycles. The van der Waals surface area contributed by atoms with Gasteiger partial charge in [-0.2, -0.15) is 0 Å². The maximum Gasteiger partial charge on any atom is 0.0643 e. The predicted molar refractivity (Wildman–Crippen MR) is 90.2 cm³/mol. The van der Waals surface area contributed by atoms with Crippen LogP contribution < -0.4 is 10.2 Å². The minimum atomic E-state index is 0.554. The number of hydrogen-bond donors (Lipinski definition) is 1. The van der Waals surface area contributed by atoms with E-state index in [-0.39, 0.29) is 0 Å². The van der Waals surface area contributed by atoms with Gasteiger partial charge >= 0.3 is 0 Å². The zero-order chi connectivity index (χ0) is 15.2. The van der Waals surface area contributed by atoms with Crippen LogP contribution in [0, 0.1) is 5.92 Å². The van der Waals surface area contributed by atoms with Gasteiger partial charge < -0.3 is 15.0 Å². The second kappa shape index (κ2) is 8.02.